The first-order valence-corrected chi connectivity index (χ1v) is 4.88. The van der Waals surface area contributed by atoms with Crippen molar-refractivity contribution in [3.05, 3.63) is 0 Å². The van der Waals surface area contributed by atoms with E-state index >= 15 is 0 Å². The van der Waals surface area contributed by atoms with Crippen LogP contribution in [0.15, 0.2) is 0 Å². The lowest BCUT2D eigenvalue weighted by molar-refractivity contribution is 0.357. The third-order valence-electron chi connectivity index (χ3n) is 2.07. The van der Waals surface area contributed by atoms with Gasteiger partial charge in [-0.1, -0.05) is 12.8 Å². The van der Waals surface area contributed by atoms with Gasteiger partial charge in [0, 0.05) is 23.4 Å². The van der Waals surface area contributed by atoms with Crippen LogP contribution in [0.3, 0.4) is 0 Å². The molecule has 1 aliphatic rings. The van der Waals surface area contributed by atoms with Gasteiger partial charge in [-0.3, -0.25) is 4.21 Å². The maximum atomic E-state index is 10.2. The Morgan fingerprint density at radius 1 is 1.45 bits per heavy atom. The van der Waals surface area contributed by atoms with E-state index in [4.69, 9.17) is 5.73 Å². The number of rotatable bonds is 2. The molecule has 0 spiro atoms. The minimum absolute atomic E-state index is 0.00153. The third kappa shape index (κ3) is 2.86. The Morgan fingerprint density at radius 2 is 2.09 bits per heavy atom. The first-order valence-electron chi connectivity index (χ1n) is 3.81. The van der Waals surface area contributed by atoms with Crippen LogP contribution in [0.5, 0.6) is 0 Å². The molecule has 0 aliphatic heterocycles. The van der Waals surface area contributed by atoms with E-state index in [9.17, 15) is 8.76 Å². The second kappa shape index (κ2) is 4.15. The Kier molecular flexibility index (Phi) is 3.45. The summed E-state index contributed by atoms with van der Waals surface area (Å²) in [6.45, 7) is 0. The van der Waals surface area contributed by atoms with Gasteiger partial charge in [0.15, 0.2) is 0 Å². The van der Waals surface area contributed by atoms with Crippen molar-refractivity contribution in [2.45, 2.75) is 37.8 Å². The summed E-state index contributed by atoms with van der Waals surface area (Å²) < 4.78 is 22.9. The fourth-order valence-corrected chi connectivity index (χ4v) is 1.97. The monoisotopic (exact) mass is 177 g/mol. The molecule has 0 amide bonds. The van der Waals surface area contributed by atoms with Gasteiger partial charge in [-0.25, -0.2) is 4.72 Å². The first kappa shape index (κ1) is 9.12. The average Bonchev–Trinajstić information content (AvgIpc) is 1.93. The molecule has 3 N–H and O–H groups in total. The van der Waals surface area contributed by atoms with Gasteiger partial charge in [0.1, 0.15) is 0 Å². The normalized spacial score (nSPS) is 35.1. The van der Waals surface area contributed by atoms with Crippen molar-refractivity contribution in [2.75, 3.05) is 0 Å². The zero-order valence-electron chi connectivity index (χ0n) is 6.29. The SMILES string of the molecule is NC1CCCCC1NS(=O)[O-]. The van der Waals surface area contributed by atoms with Crippen LogP contribution in [-0.2, 0) is 11.3 Å². The number of nitrogens with two attached hydrogens (primary N) is 1. The van der Waals surface area contributed by atoms with E-state index in [-0.39, 0.29) is 12.1 Å². The summed E-state index contributed by atoms with van der Waals surface area (Å²) in [6.07, 6.45) is 3.98. The minimum atomic E-state index is -2.16. The molecule has 3 atom stereocenters. The lowest BCUT2D eigenvalue weighted by Gasteiger charge is -2.29. The molecule has 0 saturated heterocycles. The second-order valence-electron chi connectivity index (χ2n) is 2.91. The molecule has 11 heavy (non-hydrogen) atoms. The van der Waals surface area contributed by atoms with Gasteiger partial charge >= 0.3 is 0 Å². The molecule has 0 heterocycles. The topological polar surface area (TPSA) is 78.2 Å². The fraction of sp³-hybridized carbons (Fsp3) is 1.00. The van der Waals surface area contributed by atoms with Crippen LogP contribution in [-0.4, -0.2) is 20.8 Å². The quantitative estimate of drug-likeness (QED) is 0.565. The Bertz CT molecular complexity index is 154. The summed E-state index contributed by atoms with van der Waals surface area (Å²) in [6, 6.07) is -0.0382. The zero-order chi connectivity index (χ0) is 8.27. The highest BCUT2D eigenvalue weighted by Gasteiger charge is 2.20. The number of hydrogen-bond donors (Lipinski definition) is 2. The van der Waals surface area contributed by atoms with E-state index in [1.165, 1.54) is 0 Å². The molecule has 1 fully saturated rings. The summed E-state index contributed by atoms with van der Waals surface area (Å²) in [5, 5.41) is 0. The van der Waals surface area contributed by atoms with Crippen LogP contribution in [0.4, 0.5) is 0 Å². The molecular weight excluding hydrogens is 164 g/mol. The zero-order valence-corrected chi connectivity index (χ0v) is 7.10. The highest BCUT2D eigenvalue weighted by atomic mass is 32.2. The van der Waals surface area contributed by atoms with Crippen molar-refractivity contribution in [1.82, 2.24) is 4.72 Å². The minimum Gasteiger partial charge on any atom is -0.760 e. The van der Waals surface area contributed by atoms with E-state index in [0.717, 1.165) is 25.7 Å². The largest absolute Gasteiger partial charge is 0.760 e. The van der Waals surface area contributed by atoms with Crippen LogP contribution in [0.2, 0.25) is 0 Å². The predicted molar refractivity (Wildman–Crippen MR) is 42.3 cm³/mol. The van der Waals surface area contributed by atoms with Crippen molar-refractivity contribution in [3.63, 3.8) is 0 Å². The van der Waals surface area contributed by atoms with E-state index in [0.29, 0.717) is 0 Å². The highest BCUT2D eigenvalue weighted by molar-refractivity contribution is 7.77. The fourth-order valence-electron chi connectivity index (χ4n) is 1.43. The lowest BCUT2D eigenvalue weighted by Crippen LogP contribution is -2.47. The van der Waals surface area contributed by atoms with E-state index < -0.39 is 11.3 Å². The average molecular weight is 177 g/mol. The van der Waals surface area contributed by atoms with Crippen LogP contribution in [0.25, 0.3) is 0 Å². The van der Waals surface area contributed by atoms with E-state index in [2.05, 4.69) is 4.72 Å². The van der Waals surface area contributed by atoms with Gasteiger partial charge < -0.3 is 10.3 Å². The summed E-state index contributed by atoms with van der Waals surface area (Å²) in [5.74, 6) is 0. The van der Waals surface area contributed by atoms with Crippen molar-refractivity contribution >= 4 is 11.3 Å². The summed E-state index contributed by atoms with van der Waals surface area (Å²) in [7, 11) is 0. The van der Waals surface area contributed by atoms with Crippen molar-refractivity contribution < 1.29 is 8.76 Å². The molecule has 66 valence electrons. The van der Waals surface area contributed by atoms with Crippen LogP contribution >= 0.6 is 0 Å². The second-order valence-corrected chi connectivity index (χ2v) is 3.61. The van der Waals surface area contributed by atoms with Crippen LogP contribution in [0.1, 0.15) is 25.7 Å². The van der Waals surface area contributed by atoms with E-state index in [1.807, 2.05) is 0 Å². The molecule has 5 heteroatoms. The van der Waals surface area contributed by atoms with Crippen LogP contribution < -0.4 is 10.5 Å². The summed E-state index contributed by atoms with van der Waals surface area (Å²) >= 11 is -2.16. The van der Waals surface area contributed by atoms with Crippen LogP contribution in [0, 0.1) is 0 Å². The Hall–Kier alpha value is 0.0300. The molecule has 0 aromatic heterocycles. The predicted octanol–water partition coefficient (Wildman–Crippen LogP) is -0.360. The Morgan fingerprint density at radius 3 is 2.64 bits per heavy atom. The van der Waals surface area contributed by atoms with Crippen molar-refractivity contribution in [3.8, 4) is 0 Å². The third-order valence-corrected chi connectivity index (χ3v) is 2.56. The van der Waals surface area contributed by atoms with Crippen molar-refractivity contribution in [1.29, 1.82) is 0 Å². The van der Waals surface area contributed by atoms with Gasteiger partial charge in [0.05, 0.1) is 0 Å². The molecule has 1 saturated carbocycles. The smallest absolute Gasteiger partial charge is 0.0335 e. The molecule has 0 radical (unpaired) electrons. The standard InChI is InChI=1S/C6H14N2O2S/c7-5-3-1-2-4-6(5)8-11(9)10/h5-6,8H,1-4,7H2,(H,9,10)/p-1. The van der Waals surface area contributed by atoms with Crippen molar-refractivity contribution in [2.24, 2.45) is 5.73 Å². The number of nitrogens with one attached hydrogen (secondary N) is 1. The Labute approximate surface area is 69.0 Å². The van der Waals surface area contributed by atoms with Gasteiger partial charge in [-0.15, -0.1) is 0 Å². The molecule has 1 aliphatic carbocycles. The molecular formula is C6H13N2O2S-. The first-order chi connectivity index (χ1) is 5.20. The summed E-state index contributed by atoms with van der Waals surface area (Å²) in [5.41, 5.74) is 5.69. The van der Waals surface area contributed by atoms with E-state index in [1.54, 1.807) is 0 Å². The van der Waals surface area contributed by atoms with Gasteiger partial charge in [0.2, 0.25) is 0 Å². The summed E-state index contributed by atoms with van der Waals surface area (Å²) in [4.78, 5) is 0. The van der Waals surface area contributed by atoms with Gasteiger partial charge in [0.25, 0.3) is 0 Å². The molecule has 0 aromatic carbocycles. The number of hydrogen-bond acceptors (Lipinski definition) is 3. The van der Waals surface area contributed by atoms with Gasteiger partial charge in [-0.05, 0) is 12.8 Å². The maximum absolute atomic E-state index is 10.2. The lowest BCUT2D eigenvalue weighted by atomic mass is 9.92. The highest BCUT2D eigenvalue weighted by Crippen LogP contribution is 2.16. The maximum Gasteiger partial charge on any atom is 0.0335 e. The molecule has 4 nitrogen and oxygen atoms in total. The Balaban J connectivity index is 2.35. The molecule has 1 rings (SSSR count). The van der Waals surface area contributed by atoms with Gasteiger partial charge in [-0.2, -0.15) is 0 Å². The molecule has 0 aromatic rings. The molecule has 3 unspecified atom stereocenters. The molecule has 0 bridgehead atoms.